The number of pyridine rings is 1. The van der Waals surface area contributed by atoms with Gasteiger partial charge >= 0.3 is 18.0 Å². The Morgan fingerprint density at radius 3 is 2.24 bits per heavy atom. The Hall–Kier alpha value is -4.72. The van der Waals surface area contributed by atoms with Crippen molar-refractivity contribution in [2.45, 2.75) is 37.8 Å². The van der Waals surface area contributed by atoms with E-state index < -0.39 is 39.6 Å². The van der Waals surface area contributed by atoms with Crippen molar-refractivity contribution in [3.8, 4) is 17.0 Å². The molecule has 0 spiro atoms. The van der Waals surface area contributed by atoms with Gasteiger partial charge in [-0.05, 0) is 56.7 Å². The van der Waals surface area contributed by atoms with Crippen LogP contribution in [0.15, 0.2) is 71.9 Å². The number of carboxylic acids is 2. The quantitative estimate of drug-likeness (QED) is 0.289. The molecule has 1 amide bonds. The summed E-state index contributed by atoms with van der Waals surface area (Å²) in [6, 6.07) is 10.4. The maximum Gasteiger partial charge on any atom is 0.410 e. The number of ether oxygens (including phenoxy) is 2. The molecule has 220 valence electrons. The number of halogens is 1. The second kappa shape index (κ2) is 13.6. The van der Waals surface area contributed by atoms with Crippen LogP contribution in [0.5, 0.6) is 5.75 Å². The van der Waals surface area contributed by atoms with Gasteiger partial charge in [-0.25, -0.2) is 31.8 Å². The van der Waals surface area contributed by atoms with E-state index in [4.69, 9.17) is 19.7 Å². The van der Waals surface area contributed by atoms with E-state index in [1.54, 1.807) is 32.9 Å². The van der Waals surface area contributed by atoms with E-state index in [2.05, 4.69) is 4.98 Å². The summed E-state index contributed by atoms with van der Waals surface area (Å²) in [6.07, 6.45) is 3.18. The molecule has 0 aliphatic heterocycles. The van der Waals surface area contributed by atoms with E-state index in [9.17, 15) is 27.2 Å². The van der Waals surface area contributed by atoms with E-state index in [0.717, 1.165) is 3.97 Å². The average molecular weight is 592 g/mol. The molecule has 3 aromatic rings. The third kappa shape index (κ3) is 9.46. The summed E-state index contributed by atoms with van der Waals surface area (Å²) in [5, 5.41) is 15.6. The van der Waals surface area contributed by atoms with Gasteiger partial charge in [-0.1, -0.05) is 6.07 Å². The van der Waals surface area contributed by atoms with Crippen LogP contribution in [0.4, 0.5) is 9.18 Å². The SMILES string of the molecule is COc1cccc(S(=O)(=O)n2cc(CN(C)C(=O)OC(C)(C)C)cc2-c2cccnc2F)c1.O=C(O)/C=C/C(=O)O. The number of carbonyl (C=O) groups is 3. The third-order valence-electron chi connectivity index (χ3n) is 4.97. The zero-order chi connectivity index (χ0) is 31.0. The molecule has 41 heavy (non-hydrogen) atoms. The van der Waals surface area contributed by atoms with Gasteiger partial charge in [0, 0.05) is 37.7 Å². The molecule has 0 atom stereocenters. The number of amides is 1. The van der Waals surface area contributed by atoms with Crippen LogP contribution in [0.25, 0.3) is 11.3 Å². The highest BCUT2D eigenvalue weighted by Gasteiger charge is 2.26. The van der Waals surface area contributed by atoms with Gasteiger partial charge < -0.3 is 24.6 Å². The summed E-state index contributed by atoms with van der Waals surface area (Å²) >= 11 is 0. The predicted octanol–water partition coefficient (Wildman–Crippen LogP) is 4.01. The van der Waals surface area contributed by atoms with E-state index in [1.807, 2.05) is 0 Å². The number of carboxylic acid groups (broad SMARTS) is 2. The van der Waals surface area contributed by atoms with Crippen molar-refractivity contribution in [3.63, 3.8) is 0 Å². The Bertz CT molecular complexity index is 1530. The highest BCUT2D eigenvalue weighted by atomic mass is 32.2. The molecule has 2 N–H and O–H groups in total. The lowest BCUT2D eigenvalue weighted by atomic mass is 10.2. The van der Waals surface area contributed by atoms with Gasteiger partial charge in [0.2, 0.25) is 5.95 Å². The lowest BCUT2D eigenvalue weighted by Gasteiger charge is -2.24. The number of methoxy groups -OCH3 is 1. The Labute approximate surface area is 236 Å². The van der Waals surface area contributed by atoms with Crippen molar-refractivity contribution >= 4 is 28.1 Å². The largest absolute Gasteiger partial charge is 0.497 e. The Morgan fingerprint density at radius 1 is 1.07 bits per heavy atom. The first-order valence-corrected chi connectivity index (χ1v) is 13.3. The van der Waals surface area contributed by atoms with Crippen LogP contribution in [0.1, 0.15) is 26.3 Å². The monoisotopic (exact) mass is 591 g/mol. The van der Waals surface area contributed by atoms with E-state index >= 15 is 0 Å². The molecule has 0 saturated carbocycles. The second-order valence-corrected chi connectivity index (χ2v) is 11.2. The van der Waals surface area contributed by atoms with Crippen molar-refractivity contribution in [2.24, 2.45) is 0 Å². The molecule has 0 aliphatic carbocycles. The van der Waals surface area contributed by atoms with Gasteiger partial charge in [-0.3, -0.25) is 0 Å². The van der Waals surface area contributed by atoms with Gasteiger partial charge in [0.05, 0.1) is 29.8 Å². The molecule has 2 aromatic heterocycles. The minimum atomic E-state index is -4.12. The van der Waals surface area contributed by atoms with Crippen molar-refractivity contribution in [3.05, 3.63) is 78.5 Å². The molecule has 0 aliphatic rings. The van der Waals surface area contributed by atoms with E-state index in [1.165, 1.54) is 61.8 Å². The van der Waals surface area contributed by atoms with E-state index in [0.29, 0.717) is 23.5 Å². The predicted molar refractivity (Wildman–Crippen MR) is 145 cm³/mol. The summed E-state index contributed by atoms with van der Waals surface area (Å²) < 4.78 is 53.0. The summed E-state index contributed by atoms with van der Waals surface area (Å²) in [5.74, 6) is -2.97. The van der Waals surface area contributed by atoms with Gasteiger partial charge in [0.15, 0.2) is 0 Å². The number of aromatic nitrogens is 2. The van der Waals surface area contributed by atoms with Crippen molar-refractivity contribution in [1.82, 2.24) is 13.9 Å². The molecule has 0 unspecified atom stereocenters. The number of hydrogen-bond acceptors (Lipinski definition) is 8. The first-order chi connectivity index (χ1) is 19.0. The van der Waals surface area contributed by atoms with Crippen LogP contribution in [-0.2, 0) is 30.9 Å². The lowest BCUT2D eigenvalue weighted by molar-refractivity contribution is -0.134. The number of carbonyl (C=O) groups excluding carboxylic acids is 1. The Morgan fingerprint density at radius 2 is 1.71 bits per heavy atom. The summed E-state index contributed by atoms with van der Waals surface area (Å²) in [7, 11) is -1.16. The highest BCUT2D eigenvalue weighted by molar-refractivity contribution is 7.90. The molecular weight excluding hydrogens is 561 g/mol. The maximum absolute atomic E-state index is 14.5. The first-order valence-electron chi connectivity index (χ1n) is 11.8. The number of rotatable bonds is 8. The van der Waals surface area contributed by atoms with Crippen molar-refractivity contribution in [1.29, 1.82) is 0 Å². The number of aliphatic carboxylic acids is 2. The fourth-order valence-electron chi connectivity index (χ4n) is 3.25. The van der Waals surface area contributed by atoms with Crippen LogP contribution in [0, 0.1) is 5.95 Å². The smallest absolute Gasteiger partial charge is 0.410 e. The minimum absolute atomic E-state index is 0.00939. The fraction of sp³-hybridized carbons (Fsp3) is 0.259. The first kappa shape index (κ1) is 32.5. The van der Waals surface area contributed by atoms with Crippen LogP contribution < -0.4 is 4.74 Å². The zero-order valence-corrected chi connectivity index (χ0v) is 23.8. The van der Waals surface area contributed by atoms with Gasteiger partial charge in [0.1, 0.15) is 11.4 Å². The van der Waals surface area contributed by atoms with Crippen LogP contribution in [-0.4, -0.2) is 70.3 Å². The average Bonchev–Trinajstić information content (AvgIpc) is 3.31. The fourth-order valence-corrected chi connectivity index (χ4v) is 4.68. The topological polar surface area (TPSA) is 165 Å². The summed E-state index contributed by atoms with van der Waals surface area (Å²) in [6.45, 7) is 5.29. The normalized spacial score (nSPS) is 11.4. The number of nitrogens with zero attached hydrogens (tertiary/aromatic N) is 3. The summed E-state index contributed by atoms with van der Waals surface area (Å²) in [4.78, 5) is 36.4. The molecule has 0 radical (unpaired) electrons. The molecule has 2 heterocycles. The van der Waals surface area contributed by atoms with Crippen LogP contribution in [0.2, 0.25) is 0 Å². The van der Waals surface area contributed by atoms with Crippen LogP contribution >= 0.6 is 0 Å². The Balaban J connectivity index is 0.000000642. The van der Waals surface area contributed by atoms with Crippen molar-refractivity contribution < 1.29 is 46.9 Å². The van der Waals surface area contributed by atoms with E-state index in [-0.39, 0.29) is 22.7 Å². The molecule has 0 saturated heterocycles. The standard InChI is InChI=1S/C23H26FN3O5S.C4H4O4/c1-23(2,3)32-22(28)26(4)14-16-12-20(19-10-7-11-25-21(19)24)27(15-16)33(29,30)18-9-6-8-17(13-18)31-5;5-3(6)1-2-4(7)8/h6-13,15H,14H2,1-5H3;1-2H,(H,5,6)(H,7,8)/b;2-1+. The van der Waals surface area contributed by atoms with Crippen LogP contribution in [0.3, 0.4) is 0 Å². The lowest BCUT2D eigenvalue weighted by Crippen LogP contribution is -2.33. The zero-order valence-electron chi connectivity index (χ0n) is 22.9. The molecule has 0 bridgehead atoms. The third-order valence-corrected chi connectivity index (χ3v) is 6.64. The van der Waals surface area contributed by atoms with Gasteiger partial charge in [-0.2, -0.15) is 4.39 Å². The second-order valence-electron chi connectivity index (χ2n) is 9.40. The Kier molecular flexibility index (Phi) is 10.8. The molecule has 14 heteroatoms. The molecule has 12 nitrogen and oxygen atoms in total. The highest BCUT2D eigenvalue weighted by Crippen LogP contribution is 2.30. The molecular formula is C27H30FN3O9S. The molecule has 3 rings (SSSR count). The molecule has 1 aromatic carbocycles. The van der Waals surface area contributed by atoms with Crippen molar-refractivity contribution in [2.75, 3.05) is 14.2 Å². The van der Waals surface area contributed by atoms with Gasteiger partial charge in [-0.15, -0.1) is 0 Å². The number of benzene rings is 1. The molecule has 0 fully saturated rings. The van der Waals surface area contributed by atoms with Gasteiger partial charge in [0.25, 0.3) is 10.0 Å². The minimum Gasteiger partial charge on any atom is -0.497 e. The number of hydrogen-bond donors (Lipinski definition) is 2. The maximum atomic E-state index is 14.5. The summed E-state index contributed by atoms with van der Waals surface area (Å²) in [5.41, 5.74) is -0.129.